The maximum atomic E-state index is 9.17. The highest BCUT2D eigenvalue weighted by molar-refractivity contribution is 5.11. The minimum absolute atomic E-state index is 0.184. The first kappa shape index (κ1) is 8.48. The van der Waals surface area contributed by atoms with Crippen molar-refractivity contribution in [2.45, 2.75) is 25.9 Å². The maximum absolute atomic E-state index is 9.17. The lowest BCUT2D eigenvalue weighted by Gasteiger charge is -2.11. The lowest BCUT2D eigenvalue weighted by atomic mass is 10.1. The van der Waals surface area contributed by atoms with Crippen molar-refractivity contribution in [3.63, 3.8) is 0 Å². The van der Waals surface area contributed by atoms with E-state index in [1.165, 1.54) is 0 Å². The van der Waals surface area contributed by atoms with Crippen LogP contribution in [0.5, 0.6) is 0 Å². The van der Waals surface area contributed by atoms with Crippen LogP contribution in [-0.2, 0) is 0 Å². The van der Waals surface area contributed by atoms with E-state index in [9.17, 15) is 0 Å². The Balaban J connectivity index is 3.84. The first-order valence-corrected chi connectivity index (χ1v) is 2.95. The van der Waals surface area contributed by atoms with Crippen molar-refractivity contribution in [3.8, 4) is 11.8 Å². The Kier molecular flexibility index (Phi) is 3.29. The Morgan fingerprint density at radius 1 is 1.56 bits per heavy atom. The van der Waals surface area contributed by atoms with E-state index in [0.717, 1.165) is 0 Å². The van der Waals surface area contributed by atoms with Gasteiger partial charge < -0.3 is 10.2 Å². The molecule has 0 aliphatic heterocycles. The Bertz CT molecular complexity index is 128. The van der Waals surface area contributed by atoms with Gasteiger partial charge in [-0.25, -0.2) is 0 Å². The molecule has 52 valence electrons. The Hall–Kier alpha value is -0.520. The van der Waals surface area contributed by atoms with Crippen LogP contribution in [0.3, 0.4) is 0 Å². The Labute approximate surface area is 55.5 Å². The molecule has 0 saturated heterocycles. The van der Waals surface area contributed by atoms with Crippen LogP contribution in [0.25, 0.3) is 0 Å². The van der Waals surface area contributed by atoms with Gasteiger partial charge >= 0.3 is 0 Å². The molecule has 0 saturated carbocycles. The van der Waals surface area contributed by atoms with Crippen LogP contribution in [-0.4, -0.2) is 22.4 Å². The fourth-order valence-electron chi connectivity index (χ4n) is 0.318. The van der Waals surface area contributed by atoms with Crippen molar-refractivity contribution in [2.24, 2.45) is 0 Å². The van der Waals surface area contributed by atoms with Gasteiger partial charge in [-0.05, 0) is 13.3 Å². The SMILES string of the molecule is CC[C@](C)(O)C#CCO. The summed E-state index contributed by atoms with van der Waals surface area (Å²) in [6.07, 6.45) is 0.583. The third kappa shape index (κ3) is 4.01. The van der Waals surface area contributed by atoms with Crippen LogP contribution >= 0.6 is 0 Å². The molecule has 0 rings (SSSR count). The molecule has 0 radical (unpaired) electrons. The monoisotopic (exact) mass is 128 g/mol. The van der Waals surface area contributed by atoms with Crippen molar-refractivity contribution in [2.75, 3.05) is 6.61 Å². The molecule has 0 bridgehead atoms. The average molecular weight is 128 g/mol. The van der Waals surface area contributed by atoms with Gasteiger partial charge in [-0.3, -0.25) is 0 Å². The van der Waals surface area contributed by atoms with E-state index in [1.807, 2.05) is 6.92 Å². The molecule has 0 unspecified atom stereocenters. The molecule has 2 heteroatoms. The minimum Gasteiger partial charge on any atom is -0.384 e. The molecule has 0 aliphatic rings. The number of hydrogen-bond acceptors (Lipinski definition) is 2. The van der Waals surface area contributed by atoms with Gasteiger partial charge in [0.25, 0.3) is 0 Å². The summed E-state index contributed by atoms with van der Waals surface area (Å²) in [4.78, 5) is 0. The maximum Gasteiger partial charge on any atom is 0.122 e. The van der Waals surface area contributed by atoms with Crippen LogP contribution in [0.15, 0.2) is 0 Å². The lowest BCUT2D eigenvalue weighted by molar-refractivity contribution is 0.118. The van der Waals surface area contributed by atoms with Gasteiger partial charge in [-0.1, -0.05) is 18.8 Å². The molecule has 0 aromatic carbocycles. The molecule has 0 aromatic heterocycles. The van der Waals surface area contributed by atoms with E-state index in [4.69, 9.17) is 10.2 Å². The van der Waals surface area contributed by atoms with Crippen molar-refractivity contribution in [3.05, 3.63) is 0 Å². The van der Waals surface area contributed by atoms with E-state index in [0.29, 0.717) is 6.42 Å². The van der Waals surface area contributed by atoms with Gasteiger partial charge in [0, 0.05) is 0 Å². The van der Waals surface area contributed by atoms with Crippen molar-refractivity contribution < 1.29 is 10.2 Å². The highest BCUT2D eigenvalue weighted by Gasteiger charge is 2.11. The first-order chi connectivity index (χ1) is 4.12. The Morgan fingerprint density at radius 2 is 2.11 bits per heavy atom. The van der Waals surface area contributed by atoms with Gasteiger partial charge in [-0.15, -0.1) is 0 Å². The fourth-order valence-corrected chi connectivity index (χ4v) is 0.318. The molecule has 0 aliphatic carbocycles. The summed E-state index contributed by atoms with van der Waals surface area (Å²) in [5.41, 5.74) is -0.928. The zero-order valence-electron chi connectivity index (χ0n) is 5.81. The summed E-state index contributed by atoms with van der Waals surface area (Å²) in [7, 11) is 0. The van der Waals surface area contributed by atoms with Crippen LogP contribution in [0, 0.1) is 11.8 Å². The summed E-state index contributed by atoms with van der Waals surface area (Å²) in [6, 6.07) is 0. The largest absolute Gasteiger partial charge is 0.384 e. The van der Waals surface area contributed by atoms with E-state index in [-0.39, 0.29) is 6.61 Å². The minimum atomic E-state index is -0.928. The zero-order valence-corrected chi connectivity index (χ0v) is 5.81. The van der Waals surface area contributed by atoms with Gasteiger partial charge in [0.1, 0.15) is 12.2 Å². The normalized spacial score (nSPS) is 15.6. The van der Waals surface area contributed by atoms with Crippen molar-refractivity contribution >= 4 is 0 Å². The van der Waals surface area contributed by atoms with Crippen LogP contribution in [0.2, 0.25) is 0 Å². The smallest absolute Gasteiger partial charge is 0.122 e. The number of hydrogen-bond donors (Lipinski definition) is 2. The molecule has 0 spiro atoms. The average Bonchev–Trinajstić information content (AvgIpc) is 1.84. The van der Waals surface area contributed by atoms with Gasteiger partial charge in [0.2, 0.25) is 0 Å². The quantitative estimate of drug-likeness (QED) is 0.493. The standard InChI is InChI=1S/C7H12O2/c1-3-7(2,9)5-4-6-8/h8-9H,3,6H2,1-2H3/t7-/m0/s1. The number of aliphatic hydroxyl groups excluding tert-OH is 1. The molecular weight excluding hydrogens is 116 g/mol. The van der Waals surface area contributed by atoms with Gasteiger partial charge in [-0.2, -0.15) is 0 Å². The third-order valence-electron chi connectivity index (χ3n) is 1.13. The topological polar surface area (TPSA) is 40.5 Å². The van der Waals surface area contributed by atoms with E-state index in [1.54, 1.807) is 6.92 Å². The molecule has 1 atom stereocenters. The summed E-state index contributed by atoms with van der Waals surface area (Å²) in [5, 5.41) is 17.4. The Morgan fingerprint density at radius 3 is 2.44 bits per heavy atom. The van der Waals surface area contributed by atoms with Crippen molar-refractivity contribution in [1.29, 1.82) is 0 Å². The van der Waals surface area contributed by atoms with E-state index >= 15 is 0 Å². The second-order valence-corrected chi connectivity index (χ2v) is 2.09. The molecule has 9 heavy (non-hydrogen) atoms. The van der Waals surface area contributed by atoms with Gasteiger partial charge in [0.05, 0.1) is 0 Å². The molecule has 2 nitrogen and oxygen atoms in total. The second-order valence-electron chi connectivity index (χ2n) is 2.09. The molecule has 0 heterocycles. The highest BCUT2D eigenvalue weighted by atomic mass is 16.3. The van der Waals surface area contributed by atoms with Crippen LogP contribution in [0.4, 0.5) is 0 Å². The third-order valence-corrected chi connectivity index (χ3v) is 1.13. The van der Waals surface area contributed by atoms with Gasteiger partial charge in [0.15, 0.2) is 0 Å². The molecule has 0 fully saturated rings. The fraction of sp³-hybridized carbons (Fsp3) is 0.714. The zero-order chi connectivity index (χ0) is 7.33. The lowest BCUT2D eigenvalue weighted by Crippen LogP contribution is -2.19. The summed E-state index contributed by atoms with van der Waals surface area (Å²) in [6.45, 7) is 3.28. The van der Waals surface area contributed by atoms with E-state index < -0.39 is 5.60 Å². The van der Waals surface area contributed by atoms with Crippen LogP contribution in [0.1, 0.15) is 20.3 Å². The van der Waals surface area contributed by atoms with Crippen LogP contribution < -0.4 is 0 Å². The molecule has 0 aromatic rings. The number of rotatable bonds is 1. The summed E-state index contributed by atoms with van der Waals surface area (Å²) in [5.74, 6) is 4.91. The second kappa shape index (κ2) is 3.49. The highest BCUT2D eigenvalue weighted by Crippen LogP contribution is 2.04. The predicted molar refractivity (Wildman–Crippen MR) is 35.8 cm³/mol. The molecular formula is C7H12O2. The molecule has 2 N–H and O–H groups in total. The van der Waals surface area contributed by atoms with E-state index in [2.05, 4.69) is 11.8 Å². The summed E-state index contributed by atoms with van der Waals surface area (Å²) < 4.78 is 0. The predicted octanol–water partition coefficient (Wildman–Crippen LogP) is 0.143. The molecule has 0 amide bonds. The van der Waals surface area contributed by atoms with Crippen molar-refractivity contribution in [1.82, 2.24) is 0 Å². The summed E-state index contributed by atoms with van der Waals surface area (Å²) >= 11 is 0. The first-order valence-electron chi connectivity index (χ1n) is 2.95. The number of aliphatic hydroxyl groups is 2.